The average molecular weight is 290 g/mol. The molecule has 1 heterocycles. The van der Waals surface area contributed by atoms with Gasteiger partial charge in [-0.3, -0.25) is 4.79 Å². The zero-order chi connectivity index (χ0) is 13.9. The maximum atomic E-state index is 12.0. The molecule has 2 aromatic rings. The van der Waals surface area contributed by atoms with E-state index in [0.29, 0.717) is 11.4 Å². The zero-order valence-corrected chi connectivity index (χ0v) is 11.8. The molecule has 20 heavy (non-hydrogen) atoms. The molecule has 0 aliphatic heterocycles. The molecule has 1 aliphatic carbocycles. The van der Waals surface area contributed by atoms with Gasteiger partial charge in [0.1, 0.15) is 0 Å². The van der Waals surface area contributed by atoms with Crippen molar-refractivity contribution >= 4 is 17.5 Å². The van der Waals surface area contributed by atoms with Crippen molar-refractivity contribution in [3.8, 4) is 0 Å². The molecule has 0 spiro atoms. The molecule has 1 aliphatic rings. The van der Waals surface area contributed by atoms with Crippen LogP contribution in [-0.2, 0) is 24.1 Å². The number of fused-ring (bicyclic) bond motifs is 1. The molecule has 0 bridgehead atoms. The van der Waals surface area contributed by atoms with Gasteiger partial charge in [0.25, 0.3) is 0 Å². The Kier molecular flexibility index (Phi) is 3.74. The van der Waals surface area contributed by atoms with Gasteiger partial charge in [0.05, 0.1) is 18.4 Å². The van der Waals surface area contributed by atoms with Gasteiger partial charge in [-0.05, 0) is 30.5 Å². The molecule has 0 radical (unpaired) electrons. The van der Waals surface area contributed by atoms with E-state index in [4.69, 9.17) is 11.6 Å². The predicted octanol–water partition coefficient (Wildman–Crippen LogP) is 2.28. The van der Waals surface area contributed by atoms with Gasteiger partial charge in [0.2, 0.25) is 5.91 Å². The molecule has 0 saturated heterocycles. The second kappa shape index (κ2) is 5.67. The smallest absolute Gasteiger partial charge is 0.224 e. The van der Waals surface area contributed by atoms with Crippen LogP contribution in [0.4, 0.5) is 0 Å². The van der Waals surface area contributed by atoms with Crippen molar-refractivity contribution in [1.29, 1.82) is 0 Å². The van der Waals surface area contributed by atoms with Crippen molar-refractivity contribution < 1.29 is 4.79 Å². The number of nitrogens with one attached hydrogen (secondary N) is 2. The first kappa shape index (κ1) is 13.2. The number of hydrogen-bond acceptors (Lipinski definition) is 2. The summed E-state index contributed by atoms with van der Waals surface area (Å²) in [5.74, 6) is 0.0521. The summed E-state index contributed by atoms with van der Waals surface area (Å²) in [4.78, 5) is 19.5. The number of carbonyl (C=O) groups is 1. The standard InChI is InChI=1S/C15H16ClN3O/c16-11-3-1-10(2-4-11)7-15(20)19-12-5-6-13-14(8-12)18-9-17-13/h1-4,9,12H,5-8H2,(H,17,18)(H,19,20). The summed E-state index contributed by atoms with van der Waals surface area (Å²) in [5.41, 5.74) is 3.25. The molecular weight excluding hydrogens is 274 g/mol. The number of aromatic amines is 1. The topological polar surface area (TPSA) is 57.8 Å². The summed E-state index contributed by atoms with van der Waals surface area (Å²) in [6.07, 6.45) is 4.83. The Morgan fingerprint density at radius 2 is 2.20 bits per heavy atom. The highest BCUT2D eigenvalue weighted by Crippen LogP contribution is 2.18. The summed E-state index contributed by atoms with van der Waals surface area (Å²) in [6.45, 7) is 0. The highest BCUT2D eigenvalue weighted by Gasteiger charge is 2.21. The normalized spacial score (nSPS) is 17.6. The molecule has 0 saturated carbocycles. The first-order chi connectivity index (χ1) is 9.70. The minimum absolute atomic E-state index is 0.0521. The Morgan fingerprint density at radius 3 is 3.00 bits per heavy atom. The molecule has 2 N–H and O–H groups in total. The largest absolute Gasteiger partial charge is 0.353 e. The molecule has 0 fully saturated rings. The monoisotopic (exact) mass is 289 g/mol. The van der Waals surface area contributed by atoms with Crippen molar-refractivity contribution in [2.45, 2.75) is 31.7 Å². The number of aryl methyl sites for hydroxylation is 1. The SMILES string of the molecule is O=C(Cc1ccc(Cl)cc1)NC1CCc2[nH]cnc2C1. The number of aromatic nitrogens is 2. The molecule has 4 nitrogen and oxygen atoms in total. The van der Waals surface area contributed by atoms with Crippen LogP contribution in [0.3, 0.4) is 0 Å². The number of hydrogen-bond donors (Lipinski definition) is 2. The van der Waals surface area contributed by atoms with Gasteiger partial charge in [-0.15, -0.1) is 0 Å². The van der Waals surface area contributed by atoms with Gasteiger partial charge in [-0.1, -0.05) is 23.7 Å². The van der Waals surface area contributed by atoms with Crippen LogP contribution in [-0.4, -0.2) is 21.9 Å². The van der Waals surface area contributed by atoms with E-state index in [-0.39, 0.29) is 11.9 Å². The number of imidazole rings is 1. The first-order valence-electron chi connectivity index (χ1n) is 6.75. The molecule has 1 aromatic carbocycles. The van der Waals surface area contributed by atoms with Crippen molar-refractivity contribution in [3.05, 3.63) is 52.6 Å². The summed E-state index contributed by atoms with van der Waals surface area (Å²) >= 11 is 5.83. The van der Waals surface area contributed by atoms with Gasteiger partial charge in [-0.2, -0.15) is 0 Å². The Bertz CT molecular complexity index is 606. The molecule has 5 heteroatoms. The van der Waals surface area contributed by atoms with Crippen molar-refractivity contribution in [1.82, 2.24) is 15.3 Å². The first-order valence-corrected chi connectivity index (χ1v) is 7.13. The lowest BCUT2D eigenvalue weighted by molar-refractivity contribution is -0.121. The van der Waals surface area contributed by atoms with E-state index in [0.717, 1.165) is 30.5 Å². The molecule has 104 valence electrons. The van der Waals surface area contributed by atoms with Crippen molar-refractivity contribution in [3.63, 3.8) is 0 Å². The lowest BCUT2D eigenvalue weighted by atomic mass is 9.96. The number of halogens is 1. The van der Waals surface area contributed by atoms with Crippen LogP contribution in [0.15, 0.2) is 30.6 Å². The third-order valence-electron chi connectivity index (χ3n) is 3.63. The predicted molar refractivity (Wildman–Crippen MR) is 77.7 cm³/mol. The lowest BCUT2D eigenvalue weighted by Crippen LogP contribution is -2.39. The number of benzene rings is 1. The minimum Gasteiger partial charge on any atom is -0.353 e. The molecule has 1 aromatic heterocycles. The van der Waals surface area contributed by atoms with Gasteiger partial charge in [-0.25, -0.2) is 4.98 Å². The average Bonchev–Trinajstić information content (AvgIpc) is 2.89. The quantitative estimate of drug-likeness (QED) is 0.911. The molecule has 1 amide bonds. The second-order valence-electron chi connectivity index (χ2n) is 5.14. The summed E-state index contributed by atoms with van der Waals surface area (Å²) < 4.78 is 0. The fourth-order valence-corrected chi connectivity index (χ4v) is 2.71. The van der Waals surface area contributed by atoms with Crippen LogP contribution in [0.5, 0.6) is 0 Å². The van der Waals surface area contributed by atoms with Crippen molar-refractivity contribution in [2.75, 3.05) is 0 Å². The van der Waals surface area contributed by atoms with Gasteiger partial charge >= 0.3 is 0 Å². The third-order valence-corrected chi connectivity index (χ3v) is 3.89. The summed E-state index contributed by atoms with van der Waals surface area (Å²) in [6, 6.07) is 7.57. The van der Waals surface area contributed by atoms with Crippen LogP contribution in [0.25, 0.3) is 0 Å². The maximum absolute atomic E-state index is 12.0. The molecule has 3 rings (SSSR count). The molecule has 1 atom stereocenters. The van der Waals surface area contributed by atoms with Gasteiger partial charge in [0.15, 0.2) is 0 Å². The fraction of sp³-hybridized carbons (Fsp3) is 0.333. The molecular formula is C15H16ClN3O. The highest BCUT2D eigenvalue weighted by molar-refractivity contribution is 6.30. The third kappa shape index (κ3) is 3.02. The van der Waals surface area contributed by atoms with Gasteiger partial charge < -0.3 is 10.3 Å². The minimum atomic E-state index is 0.0521. The van der Waals surface area contributed by atoms with E-state index in [1.54, 1.807) is 18.5 Å². The van der Waals surface area contributed by atoms with Crippen LogP contribution >= 0.6 is 11.6 Å². The fourth-order valence-electron chi connectivity index (χ4n) is 2.59. The van der Waals surface area contributed by atoms with E-state index in [1.165, 1.54) is 5.69 Å². The molecule has 1 unspecified atom stereocenters. The Morgan fingerprint density at radius 1 is 1.40 bits per heavy atom. The van der Waals surface area contributed by atoms with Crippen LogP contribution in [0, 0.1) is 0 Å². The number of amides is 1. The Balaban J connectivity index is 1.56. The Labute approximate surface area is 122 Å². The second-order valence-corrected chi connectivity index (χ2v) is 5.57. The van der Waals surface area contributed by atoms with Crippen LogP contribution in [0.2, 0.25) is 5.02 Å². The van der Waals surface area contributed by atoms with E-state index in [2.05, 4.69) is 15.3 Å². The van der Waals surface area contributed by atoms with E-state index >= 15 is 0 Å². The van der Waals surface area contributed by atoms with E-state index in [9.17, 15) is 4.79 Å². The van der Waals surface area contributed by atoms with Gasteiger partial charge in [0, 0.05) is 23.2 Å². The van der Waals surface area contributed by atoms with Crippen LogP contribution < -0.4 is 5.32 Å². The Hall–Kier alpha value is -1.81. The maximum Gasteiger partial charge on any atom is 0.224 e. The van der Waals surface area contributed by atoms with E-state index < -0.39 is 0 Å². The number of H-pyrrole nitrogens is 1. The van der Waals surface area contributed by atoms with Crippen LogP contribution in [0.1, 0.15) is 23.4 Å². The highest BCUT2D eigenvalue weighted by atomic mass is 35.5. The summed E-state index contributed by atoms with van der Waals surface area (Å²) in [5, 5.41) is 3.77. The summed E-state index contributed by atoms with van der Waals surface area (Å²) in [7, 11) is 0. The number of carbonyl (C=O) groups excluding carboxylic acids is 1. The van der Waals surface area contributed by atoms with E-state index in [1.807, 2.05) is 12.1 Å². The zero-order valence-electron chi connectivity index (χ0n) is 11.0. The number of nitrogens with zero attached hydrogens (tertiary/aromatic N) is 1. The van der Waals surface area contributed by atoms with Crippen molar-refractivity contribution in [2.24, 2.45) is 0 Å². The lowest BCUT2D eigenvalue weighted by Gasteiger charge is -2.22. The number of rotatable bonds is 3.